The Morgan fingerprint density at radius 1 is 0.942 bits per heavy atom. The summed E-state index contributed by atoms with van der Waals surface area (Å²) in [5.74, 6) is 0.135. The summed E-state index contributed by atoms with van der Waals surface area (Å²) < 4.78 is 65.0. The highest BCUT2D eigenvalue weighted by Gasteiger charge is 2.35. The molecule has 2 amide bonds. The molecule has 1 saturated carbocycles. The summed E-state index contributed by atoms with van der Waals surface area (Å²) in [7, 11) is -3.49. The molecule has 3 N–H and O–H groups in total. The SMILES string of the molecule is CS(=O)(=O)c1cccc(CNc2nc(Nc3ccc(C(=O)N4CCN(CCCCCCNC(=O)CC5CCCC5)CC4)cc3)ncc2C(F)(F)F)c1. The highest BCUT2D eigenvalue weighted by Crippen LogP contribution is 2.34. The number of halogens is 3. The van der Waals surface area contributed by atoms with E-state index in [4.69, 9.17) is 0 Å². The van der Waals surface area contributed by atoms with Gasteiger partial charge in [-0.25, -0.2) is 13.4 Å². The molecule has 15 heteroatoms. The van der Waals surface area contributed by atoms with Crippen LogP contribution in [0.2, 0.25) is 0 Å². The second-order valence-electron chi connectivity index (χ2n) is 13.7. The molecule has 0 unspecified atom stereocenters. The highest BCUT2D eigenvalue weighted by atomic mass is 32.2. The highest BCUT2D eigenvalue weighted by molar-refractivity contribution is 7.90. The lowest BCUT2D eigenvalue weighted by Gasteiger charge is -2.34. The van der Waals surface area contributed by atoms with Gasteiger partial charge in [-0.05, 0) is 80.1 Å². The molecule has 2 aromatic carbocycles. The first-order valence-electron chi connectivity index (χ1n) is 18.0. The molecule has 52 heavy (non-hydrogen) atoms. The van der Waals surface area contributed by atoms with E-state index >= 15 is 0 Å². The molecule has 0 bridgehead atoms. The fraction of sp³-hybridized carbons (Fsp3) is 0.514. The Labute approximate surface area is 303 Å². The Hall–Kier alpha value is -4.24. The molecular formula is C37H48F3N7O4S. The molecular weight excluding hydrogens is 696 g/mol. The Bertz CT molecular complexity index is 1760. The minimum atomic E-state index is -4.72. The molecule has 0 radical (unpaired) electrons. The Kier molecular flexibility index (Phi) is 13.5. The Morgan fingerprint density at radius 3 is 2.35 bits per heavy atom. The first-order valence-corrected chi connectivity index (χ1v) is 19.9. The first-order chi connectivity index (χ1) is 24.8. The molecule has 11 nitrogen and oxygen atoms in total. The Balaban J connectivity index is 1.05. The number of anilines is 3. The number of carbonyl (C=O) groups excluding carboxylic acids is 2. The van der Waals surface area contributed by atoms with Crippen LogP contribution in [0.25, 0.3) is 0 Å². The maximum Gasteiger partial charge on any atom is 0.421 e. The van der Waals surface area contributed by atoms with Crippen molar-refractivity contribution in [3.8, 4) is 0 Å². The number of piperazine rings is 1. The maximum atomic E-state index is 13.8. The molecule has 1 saturated heterocycles. The predicted molar refractivity (Wildman–Crippen MR) is 194 cm³/mol. The van der Waals surface area contributed by atoms with Crippen LogP contribution in [0.3, 0.4) is 0 Å². The van der Waals surface area contributed by atoms with Crippen molar-refractivity contribution in [1.82, 2.24) is 25.1 Å². The lowest BCUT2D eigenvalue weighted by atomic mass is 10.0. The first kappa shape index (κ1) is 39.0. The number of benzene rings is 2. The third kappa shape index (κ3) is 11.6. The number of nitrogens with zero attached hydrogens (tertiary/aromatic N) is 4. The number of amides is 2. The van der Waals surface area contributed by atoms with Crippen LogP contribution in [-0.4, -0.2) is 85.5 Å². The number of sulfone groups is 1. The van der Waals surface area contributed by atoms with Crippen molar-refractivity contribution in [3.05, 3.63) is 71.4 Å². The second kappa shape index (κ2) is 18.0. The van der Waals surface area contributed by atoms with Gasteiger partial charge in [0.15, 0.2) is 9.84 Å². The van der Waals surface area contributed by atoms with Crippen LogP contribution in [0.4, 0.5) is 30.6 Å². The van der Waals surface area contributed by atoms with Gasteiger partial charge in [0.25, 0.3) is 5.91 Å². The lowest BCUT2D eigenvalue weighted by molar-refractivity contribution is -0.137. The summed E-state index contributed by atoms with van der Waals surface area (Å²) in [6.45, 7) is 4.48. The van der Waals surface area contributed by atoms with Gasteiger partial charge in [-0.1, -0.05) is 37.8 Å². The van der Waals surface area contributed by atoms with Crippen LogP contribution in [0.1, 0.15) is 79.3 Å². The number of nitrogens with one attached hydrogen (secondary N) is 3. The maximum absolute atomic E-state index is 13.8. The minimum Gasteiger partial charge on any atom is -0.365 e. The second-order valence-corrected chi connectivity index (χ2v) is 15.7. The number of hydrogen-bond donors (Lipinski definition) is 3. The molecule has 2 heterocycles. The van der Waals surface area contributed by atoms with Crippen molar-refractivity contribution in [2.45, 2.75) is 75.4 Å². The van der Waals surface area contributed by atoms with Gasteiger partial charge < -0.3 is 20.9 Å². The van der Waals surface area contributed by atoms with Crippen LogP contribution in [0, 0.1) is 5.92 Å². The average molecular weight is 744 g/mol. The molecule has 2 aliphatic rings. The van der Waals surface area contributed by atoms with E-state index in [2.05, 4.69) is 30.8 Å². The number of alkyl halides is 3. The van der Waals surface area contributed by atoms with E-state index in [1.165, 1.54) is 43.9 Å². The number of unbranched alkanes of at least 4 members (excludes halogenated alkanes) is 3. The van der Waals surface area contributed by atoms with Crippen molar-refractivity contribution in [2.75, 3.05) is 56.2 Å². The van der Waals surface area contributed by atoms with E-state index in [-0.39, 0.29) is 29.2 Å². The summed E-state index contributed by atoms with van der Waals surface area (Å²) in [6, 6.07) is 12.5. The van der Waals surface area contributed by atoms with Gasteiger partial charge in [0, 0.05) is 69.4 Å². The smallest absolute Gasteiger partial charge is 0.365 e. The number of aromatic nitrogens is 2. The van der Waals surface area contributed by atoms with Crippen LogP contribution >= 0.6 is 0 Å². The van der Waals surface area contributed by atoms with Crippen molar-refractivity contribution in [3.63, 3.8) is 0 Å². The zero-order chi connectivity index (χ0) is 37.1. The van der Waals surface area contributed by atoms with Crippen LogP contribution in [-0.2, 0) is 27.4 Å². The largest absolute Gasteiger partial charge is 0.421 e. The van der Waals surface area contributed by atoms with Gasteiger partial charge in [-0.15, -0.1) is 0 Å². The molecule has 2 fully saturated rings. The zero-order valence-corrected chi connectivity index (χ0v) is 30.4. The molecule has 1 aliphatic heterocycles. The third-order valence-corrected chi connectivity index (χ3v) is 10.7. The van der Waals surface area contributed by atoms with Gasteiger partial charge in [0.1, 0.15) is 11.4 Å². The lowest BCUT2D eigenvalue weighted by Crippen LogP contribution is -2.48. The average Bonchev–Trinajstić information content (AvgIpc) is 3.63. The standard InChI is InChI=1S/C37H48F3N7O4S/c1-52(50,51)31-12-8-11-28(23-31)25-42-34-32(37(38,39)40)26-43-36(45-34)44-30-15-13-29(14-16-30)35(49)47-21-19-46(20-22-47)18-7-3-2-6-17-41-33(48)24-27-9-4-5-10-27/h8,11-16,23,26-27H,2-7,9-10,17-22,24-25H2,1H3,(H,41,48)(H2,42,43,44,45). The zero-order valence-electron chi connectivity index (χ0n) is 29.6. The normalized spacial score (nSPS) is 15.8. The molecule has 5 rings (SSSR count). The predicted octanol–water partition coefficient (Wildman–Crippen LogP) is 6.27. The van der Waals surface area contributed by atoms with E-state index in [9.17, 15) is 31.2 Å². The van der Waals surface area contributed by atoms with Crippen molar-refractivity contribution >= 4 is 39.1 Å². The monoisotopic (exact) mass is 743 g/mol. The van der Waals surface area contributed by atoms with E-state index in [0.29, 0.717) is 48.4 Å². The number of rotatable bonds is 16. The van der Waals surface area contributed by atoms with Crippen molar-refractivity contribution < 1.29 is 31.2 Å². The van der Waals surface area contributed by atoms with E-state index in [0.717, 1.165) is 58.1 Å². The molecule has 1 aliphatic carbocycles. The minimum absolute atomic E-state index is 0.0583. The van der Waals surface area contributed by atoms with Gasteiger partial charge in [0.2, 0.25) is 11.9 Å². The quantitative estimate of drug-likeness (QED) is 0.145. The number of carbonyl (C=O) groups is 2. The topological polar surface area (TPSA) is 137 Å². The van der Waals surface area contributed by atoms with Gasteiger partial charge in [-0.3, -0.25) is 14.5 Å². The van der Waals surface area contributed by atoms with E-state index in [1.54, 1.807) is 30.3 Å². The summed E-state index contributed by atoms with van der Waals surface area (Å²) in [6.07, 6.45) is 6.84. The summed E-state index contributed by atoms with van der Waals surface area (Å²) in [4.78, 5) is 37.4. The van der Waals surface area contributed by atoms with Gasteiger partial charge >= 0.3 is 6.18 Å². The summed E-state index contributed by atoms with van der Waals surface area (Å²) in [5, 5.41) is 8.63. The van der Waals surface area contributed by atoms with Gasteiger partial charge in [0.05, 0.1) is 4.90 Å². The Morgan fingerprint density at radius 2 is 1.65 bits per heavy atom. The molecule has 3 aromatic rings. The van der Waals surface area contributed by atoms with E-state index in [1.807, 2.05) is 4.90 Å². The molecule has 0 spiro atoms. The fourth-order valence-corrected chi connectivity index (χ4v) is 7.32. The van der Waals surface area contributed by atoms with Crippen LogP contribution in [0.15, 0.2) is 59.6 Å². The molecule has 1 aromatic heterocycles. The van der Waals surface area contributed by atoms with Crippen LogP contribution in [0.5, 0.6) is 0 Å². The fourth-order valence-electron chi connectivity index (χ4n) is 6.63. The third-order valence-electron chi connectivity index (χ3n) is 9.60. The van der Waals surface area contributed by atoms with E-state index < -0.39 is 27.4 Å². The van der Waals surface area contributed by atoms with Crippen molar-refractivity contribution in [1.29, 1.82) is 0 Å². The summed E-state index contributed by atoms with van der Waals surface area (Å²) in [5.41, 5.74) is 0.385. The molecule has 0 atom stereocenters. The van der Waals surface area contributed by atoms with Crippen LogP contribution < -0.4 is 16.0 Å². The van der Waals surface area contributed by atoms with Crippen molar-refractivity contribution in [2.24, 2.45) is 5.92 Å². The van der Waals surface area contributed by atoms with Gasteiger partial charge in [-0.2, -0.15) is 18.2 Å². The number of hydrogen-bond acceptors (Lipinski definition) is 9. The molecule has 282 valence electrons. The summed E-state index contributed by atoms with van der Waals surface area (Å²) >= 11 is 0.